The van der Waals surface area contributed by atoms with Gasteiger partial charge in [-0.1, -0.05) is 60.7 Å². The van der Waals surface area contributed by atoms with E-state index in [0.717, 1.165) is 45.3 Å². The van der Waals surface area contributed by atoms with Gasteiger partial charge in [0.05, 0.1) is 6.54 Å². The van der Waals surface area contributed by atoms with Gasteiger partial charge in [-0.15, -0.1) is 0 Å². The van der Waals surface area contributed by atoms with E-state index in [9.17, 15) is 9.59 Å². The second-order valence-electron chi connectivity index (χ2n) is 8.76. The van der Waals surface area contributed by atoms with Crippen molar-refractivity contribution in [2.45, 2.75) is 44.1 Å². The van der Waals surface area contributed by atoms with Crippen molar-refractivity contribution >= 4 is 11.8 Å². The summed E-state index contributed by atoms with van der Waals surface area (Å²) in [6, 6.07) is 21.8. The van der Waals surface area contributed by atoms with E-state index in [1.807, 2.05) is 0 Å². The second-order valence-corrected chi connectivity index (χ2v) is 8.76. The number of hydrogen-bond donors (Lipinski definition) is 1. The molecule has 31 heavy (non-hydrogen) atoms. The van der Waals surface area contributed by atoms with Gasteiger partial charge in [0.2, 0.25) is 11.8 Å². The van der Waals surface area contributed by atoms with Crippen LogP contribution in [-0.4, -0.2) is 60.4 Å². The lowest BCUT2D eigenvalue weighted by atomic mass is 9.88. The summed E-state index contributed by atoms with van der Waals surface area (Å²) in [5, 5.41) is 3.14. The van der Waals surface area contributed by atoms with Crippen molar-refractivity contribution in [2.24, 2.45) is 0 Å². The number of benzene rings is 2. The van der Waals surface area contributed by atoms with Crippen LogP contribution in [0.1, 0.15) is 49.1 Å². The van der Waals surface area contributed by atoms with Crippen molar-refractivity contribution in [3.05, 3.63) is 71.8 Å². The molecule has 0 saturated carbocycles. The summed E-state index contributed by atoms with van der Waals surface area (Å²) in [6.07, 6.45) is 4.49. The maximum absolute atomic E-state index is 12.3. The highest BCUT2D eigenvalue weighted by atomic mass is 16.2. The van der Waals surface area contributed by atoms with Crippen LogP contribution in [0, 0.1) is 0 Å². The molecule has 2 aromatic carbocycles. The Morgan fingerprint density at radius 3 is 2.10 bits per heavy atom. The largest absolute Gasteiger partial charge is 0.352 e. The lowest BCUT2D eigenvalue weighted by Gasteiger charge is -2.33. The van der Waals surface area contributed by atoms with Gasteiger partial charge in [0, 0.05) is 38.0 Å². The Balaban J connectivity index is 1.25. The first kappa shape index (κ1) is 21.6. The number of hydrogen-bond acceptors (Lipinski definition) is 3. The number of amides is 2. The molecule has 164 valence electrons. The predicted molar refractivity (Wildman–Crippen MR) is 123 cm³/mol. The standard InChI is InChI=1S/C26H33N3O2/c30-25(20-29-16-7-12-26(29)31)27-23-13-17-28(18-14-23)19-15-24(21-8-3-1-4-9-21)22-10-5-2-6-11-22/h1-6,8-11,23-24H,7,12-20H2,(H,27,30). The molecule has 0 aliphatic carbocycles. The summed E-state index contributed by atoms with van der Waals surface area (Å²) in [4.78, 5) is 28.2. The maximum Gasteiger partial charge on any atom is 0.239 e. The first-order valence-electron chi connectivity index (χ1n) is 11.6. The summed E-state index contributed by atoms with van der Waals surface area (Å²) < 4.78 is 0. The third-order valence-corrected chi connectivity index (χ3v) is 6.60. The number of rotatable bonds is 8. The molecule has 2 amide bonds. The van der Waals surface area contributed by atoms with E-state index in [2.05, 4.69) is 70.9 Å². The third-order valence-electron chi connectivity index (χ3n) is 6.60. The van der Waals surface area contributed by atoms with Gasteiger partial charge in [-0.3, -0.25) is 9.59 Å². The smallest absolute Gasteiger partial charge is 0.239 e. The van der Waals surface area contributed by atoms with Gasteiger partial charge in [0.1, 0.15) is 0 Å². The quantitative estimate of drug-likeness (QED) is 0.713. The van der Waals surface area contributed by atoms with Gasteiger partial charge in [-0.05, 0) is 43.4 Å². The van der Waals surface area contributed by atoms with Crippen LogP contribution in [-0.2, 0) is 9.59 Å². The predicted octanol–water partition coefficient (Wildman–Crippen LogP) is 3.41. The van der Waals surface area contributed by atoms with E-state index in [1.165, 1.54) is 11.1 Å². The number of carbonyl (C=O) groups is 2. The van der Waals surface area contributed by atoms with E-state index < -0.39 is 0 Å². The van der Waals surface area contributed by atoms with Gasteiger partial charge < -0.3 is 15.1 Å². The third kappa shape index (κ3) is 5.95. The molecule has 2 aliphatic heterocycles. The van der Waals surface area contributed by atoms with E-state index >= 15 is 0 Å². The van der Waals surface area contributed by atoms with E-state index in [-0.39, 0.29) is 24.4 Å². The number of carbonyl (C=O) groups excluding carboxylic acids is 2. The van der Waals surface area contributed by atoms with Crippen molar-refractivity contribution in [1.82, 2.24) is 15.1 Å². The molecule has 0 spiro atoms. The first-order chi connectivity index (χ1) is 15.2. The molecular weight excluding hydrogens is 386 g/mol. The van der Waals surface area contributed by atoms with Crippen molar-refractivity contribution in [2.75, 3.05) is 32.7 Å². The molecule has 5 heteroatoms. The molecule has 1 N–H and O–H groups in total. The zero-order chi connectivity index (χ0) is 21.5. The molecular formula is C26H33N3O2. The zero-order valence-electron chi connectivity index (χ0n) is 18.2. The van der Waals surface area contributed by atoms with Gasteiger partial charge >= 0.3 is 0 Å². The van der Waals surface area contributed by atoms with Crippen LogP contribution in [0.3, 0.4) is 0 Å². The summed E-state index contributed by atoms with van der Waals surface area (Å²) in [6.45, 7) is 3.99. The molecule has 0 atom stereocenters. The van der Waals surface area contributed by atoms with Crippen LogP contribution in [0.15, 0.2) is 60.7 Å². The molecule has 0 bridgehead atoms. The van der Waals surface area contributed by atoms with Crippen molar-refractivity contribution in [3.63, 3.8) is 0 Å². The molecule has 5 nitrogen and oxygen atoms in total. The number of likely N-dealkylation sites (tertiary alicyclic amines) is 2. The molecule has 0 radical (unpaired) electrons. The van der Waals surface area contributed by atoms with Crippen LogP contribution < -0.4 is 5.32 Å². The van der Waals surface area contributed by atoms with Crippen LogP contribution in [0.4, 0.5) is 0 Å². The monoisotopic (exact) mass is 419 g/mol. The van der Waals surface area contributed by atoms with Gasteiger partial charge in [0.15, 0.2) is 0 Å². The summed E-state index contributed by atoms with van der Waals surface area (Å²) >= 11 is 0. The Morgan fingerprint density at radius 1 is 0.935 bits per heavy atom. The zero-order valence-corrected chi connectivity index (χ0v) is 18.2. The number of nitrogens with zero attached hydrogens (tertiary/aromatic N) is 2. The SMILES string of the molecule is O=C(CN1CCCC1=O)NC1CCN(CCC(c2ccccc2)c2ccccc2)CC1. The van der Waals surface area contributed by atoms with Crippen LogP contribution >= 0.6 is 0 Å². The van der Waals surface area contributed by atoms with Gasteiger partial charge in [-0.2, -0.15) is 0 Å². The minimum absolute atomic E-state index is 0.0121. The Morgan fingerprint density at radius 2 is 1.55 bits per heavy atom. The molecule has 2 heterocycles. The minimum atomic E-state index is -0.0121. The average Bonchev–Trinajstić information content (AvgIpc) is 3.20. The molecule has 2 aliphatic rings. The molecule has 0 unspecified atom stereocenters. The fourth-order valence-electron chi connectivity index (χ4n) is 4.83. The summed E-state index contributed by atoms with van der Waals surface area (Å²) in [7, 11) is 0. The second kappa shape index (κ2) is 10.6. The average molecular weight is 420 g/mol. The van der Waals surface area contributed by atoms with Crippen molar-refractivity contribution in [1.29, 1.82) is 0 Å². The highest BCUT2D eigenvalue weighted by molar-refractivity contribution is 5.85. The van der Waals surface area contributed by atoms with Crippen molar-refractivity contribution in [3.8, 4) is 0 Å². The molecule has 2 aromatic rings. The van der Waals surface area contributed by atoms with Crippen LogP contribution in [0.2, 0.25) is 0 Å². The van der Waals surface area contributed by atoms with E-state index in [1.54, 1.807) is 4.90 Å². The summed E-state index contributed by atoms with van der Waals surface area (Å²) in [5.74, 6) is 0.496. The van der Waals surface area contributed by atoms with Crippen LogP contribution in [0.25, 0.3) is 0 Å². The highest BCUT2D eigenvalue weighted by Crippen LogP contribution is 2.28. The molecule has 4 rings (SSSR count). The fourth-order valence-corrected chi connectivity index (χ4v) is 4.83. The van der Waals surface area contributed by atoms with Crippen molar-refractivity contribution < 1.29 is 9.59 Å². The van der Waals surface area contributed by atoms with E-state index in [4.69, 9.17) is 0 Å². The normalized spacial score (nSPS) is 18.0. The molecule has 0 aromatic heterocycles. The molecule has 2 saturated heterocycles. The Labute approximate surface area is 185 Å². The first-order valence-corrected chi connectivity index (χ1v) is 11.6. The lowest BCUT2D eigenvalue weighted by molar-refractivity contribution is -0.133. The number of nitrogens with one attached hydrogen (secondary N) is 1. The number of piperidine rings is 1. The minimum Gasteiger partial charge on any atom is -0.352 e. The Kier molecular flexibility index (Phi) is 7.36. The Hall–Kier alpha value is -2.66. The van der Waals surface area contributed by atoms with E-state index in [0.29, 0.717) is 18.9 Å². The summed E-state index contributed by atoms with van der Waals surface area (Å²) in [5.41, 5.74) is 2.74. The highest BCUT2D eigenvalue weighted by Gasteiger charge is 2.25. The lowest BCUT2D eigenvalue weighted by Crippen LogP contribution is -2.47. The topological polar surface area (TPSA) is 52.7 Å². The van der Waals surface area contributed by atoms with Gasteiger partial charge in [0.25, 0.3) is 0 Å². The fraction of sp³-hybridized carbons (Fsp3) is 0.462. The van der Waals surface area contributed by atoms with Crippen LogP contribution in [0.5, 0.6) is 0 Å². The maximum atomic E-state index is 12.3. The molecule has 2 fully saturated rings. The Bertz CT molecular complexity index is 808. The van der Waals surface area contributed by atoms with Gasteiger partial charge in [-0.25, -0.2) is 0 Å².